The van der Waals surface area contributed by atoms with Crippen LogP contribution in [0.15, 0.2) is 24.3 Å². The van der Waals surface area contributed by atoms with Crippen molar-refractivity contribution in [1.29, 1.82) is 0 Å². The molecule has 0 radical (unpaired) electrons. The van der Waals surface area contributed by atoms with E-state index in [-0.39, 0.29) is 18.8 Å². The van der Waals surface area contributed by atoms with Gasteiger partial charge in [-0.1, -0.05) is 36.2 Å². The van der Waals surface area contributed by atoms with Crippen LogP contribution in [0.4, 0.5) is 0 Å². The molecule has 2 aliphatic rings. The first-order chi connectivity index (χ1) is 9.74. The Hall–Kier alpha value is -0.610. The summed E-state index contributed by atoms with van der Waals surface area (Å²) in [5.41, 5.74) is 0.968. The van der Waals surface area contributed by atoms with E-state index >= 15 is 0 Å². The van der Waals surface area contributed by atoms with Gasteiger partial charge in [0.2, 0.25) is 0 Å². The molecule has 2 atom stereocenters. The average molecular weight is 297 g/mol. The van der Waals surface area contributed by atoms with Gasteiger partial charge in [-0.05, 0) is 25.3 Å². The van der Waals surface area contributed by atoms with Crippen molar-refractivity contribution < 1.29 is 14.6 Å². The highest BCUT2D eigenvalue weighted by atomic mass is 35.5. The lowest BCUT2D eigenvalue weighted by Gasteiger charge is -2.32. The molecule has 0 aromatic heterocycles. The molecule has 0 bridgehead atoms. The lowest BCUT2D eigenvalue weighted by atomic mass is 9.94. The van der Waals surface area contributed by atoms with E-state index in [1.807, 2.05) is 24.3 Å². The Bertz CT molecular complexity index is 457. The fraction of sp³-hybridized carbons (Fsp3) is 0.625. The van der Waals surface area contributed by atoms with E-state index in [9.17, 15) is 5.11 Å². The van der Waals surface area contributed by atoms with Crippen molar-refractivity contribution in [3.05, 3.63) is 34.9 Å². The van der Waals surface area contributed by atoms with Gasteiger partial charge < -0.3 is 14.6 Å². The summed E-state index contributed by atoms with van der Waals surface area (Å²) in [5, 5.41) is 9.98. The first-order valence-electron chi connectivity index (χ1n) is 7.45. The number of aliphatic hydroxyl groups is 1. The number of benzene rings is 1. The quantitative estimate of drug-likeness (QED) is 0.921. The maximum atomic E-state index is 9.28. The fourth-order valence-electron chi connectivity index (χ4n) is 3.31. The molecule has 4 heteroatoms. The van der Waals surface area contributed by atoms with E-state index in [0.717, 1.165) is 31.2 Å². The summed E-state index contributed by atoms with van der Waals surface area (Å²) < 4.78 is 12.5. The van der Waals surface area contributed by atoms with Gasteiger partial charge in [0, 0.05) is 30.0 Å². The number of aliphatic hydroxyl groups excluding tert-OH is 1. The maximum Gasteiger partial charge on any atom is 0.169 e. The highest BCUT2D eigenvalue weighted by Crippen LogP contribution is 2.47. The van der Waals surface area contributed by atoms with Crippen molar-refractivity contribution in [1.82, 2.24) is 0 Å². The zero-order chi connectivity index (χ0) is 14.0. The van der Waals surface area contributed by atoms with Gasteiger partial charge in [0.1, 0.15) is 6.10 Å². The van der Waals surface area contributed by atoms with Crippen LogP contribution in [0.2, 0.25) is 5.02 Å². The van der Waals surface area contributed by atoms with Crippen LogP contribution in [-0.4, -0.2) is 23.6 Å². The molecule has 1 aliphatic heterocycles. The van der Waals surface area contributed by atoms with Crippen LogP contribution in [0, 0.1) is 0 Å². The molecule has 3 nitrogen and oxygen atoms in total. The number of ether oxygens (including phenoxy) is 2. The molecule has 20 heavy (non-hydrogen) atoms. The molecule has 1 spiro atoms. The second-order valence-electron chi connectivity index (χ2n) is 5.70. The Kier molecular flexibility index (Phi) is 4.32. The molecular weight excluding hydrogens is 276 g/mol. The molecule has 2 fully saturated rings. The lowest BCUT2D eigenvalue weighted by Crippen LogP contribution is -2.33. The second kappa shape index (κ2) is 6.02. The van der Waals surface area contributed by atoms with E-state index in [0.29, 0.717) is 11.4 Å². The Morgan fingerprint density at radius 3 is 2.60 bits per heavy atom. The monoisotopic (exact) mass is 296 g/mol. The standard InChI is InChI=1S/C16H21ClO3/c17-13-7-3-2-6-12(13)15-14(8-11-18)19-16(20-15)9-4-1-5-10-16/h2-3,6-7,14-15,18H,1,4-5,8-11H2. The van der Waals surface area contributed by atoms with Gasteiger partial charge >= 0.3 is 0 Å². The molecule has 3 rings (SSSR count). The number of rotatable bonds is 3. The molecule has 1 aromatic carbocycles. The minimum atomic E-state index is -0.456. The summed E-state index contributed by atoms with van der Waals surface area (Å²) in [7, 11) is 0. The predicted octanol–water partition coefficient (Wildman–Crippen LogP) is 3.84. The summed E-state index contributed by atoms with van der Waals surface area (Å²) >= 11 is 6.30. The van der Waals surface area contributed by atoms with Crippen molar-refractivity contribution in [2.75, 3.05) is 6.61 Å². The summed E-state index contributed by atoms with van der Waals surface area (Å²) in [4.78, 5) is 0. The van der Waals surface area contributed by atoms with Gasteiger partial charge in [-0.25, -0.2) is 0 Å². The molecule has 2 unspecified atom stereocenters. The van der Waals surface area contributed by atoms with Crippen LogP contribution in [-0.2, 0) is 9.47 Å². The van der Waals surface area contributed by atoms with E-state index < -0.39 is 5.79 Å². The largest absolute Gasteiger partial charge is 0.396 e. The van der Waals surface area contributed by atoms with Crippen molar-refractivity contribution in [3.8, 4) is 0 Å². The van der Waals surface area contributed by atoms with Crippen LogP contribution < -0.4 is 0 Å². The van der Waals surface area contributed by atoms with Crippen molar-refractivity contribution in [3.63, 3.8) is 0 Å². The Morgan fingerprint density at radius 1 is 1.15 bits per heavy atom. The van der Waals surface area contributed by atoms with Crippen molar-refractivity contribution >= 4 is 11.6 Å². The van der Waals surface area contributed by atoms with Crippen molar-refractivity contribution in [2.45, 2.75) is 56.5 Å². The van der Waals surface area contributed by atoms with Crippen LogP contribution in [0.5, 0.6) is 0 Å². The van der Waals surface area contributed by atoms with Gasteiger partial charge in [-0.2, -0.15) is 0 Å². The number of halogens is 1. The van der Waals surface area contributed by atoms with E-state index in [4.69, 9.17) is 21.1 Å². The zero-order valence-electron chi connectivity index (χ0n) is 11.6. The van der Waals surface area contributed by atoms with Gasteiger partial charge in [0.05, 0.1) is 6.10 Å². The molecular formula is C16H21ClO3. The molecule has 110 valence electrons. The number of hydrogen-bond acceptors (Lipinski definition) is 3. The SMILES string of the molecule is OCCC1OC2(CCCCC2)OC1c1ccccc1Cl. The van der Waals surface area contributed by atoms with Gasteiger partial charge in [-0.15, -0.1) is 0 Å². The van der Waals surface area contributed by atoms with Gasteiger partial charge in [0.25, 0.3) is 0 Å². The Morgan fingerprint density at radius 2 is 1.90 bits per heavy atom. The molecule has 1 saturated carbocycles. The molecule has 1 N–H and O–H groups in total. The molecule has 1 saturated heterocycles. The van der Waals surface area contributed by atoms with Crippen LogP contribution in [0.25, 0.3) is 0 Å². The molecule has 0 amide bonds. The summed E-state index contributed by atoms with van der Waals surface area (Å²) in [5.74, 6) is -0.456. The molecule has 1 heterocycles. The maximum absolute atomic E-state index is 9.28. The van der Waals surface area contributed by atoms with E-state index in [1.54, 1.807) is 0 Å². The minimum Gasteiger partial charge on any atom is -0.396 e. The molecule has 1 aromatic rings. The summed E-state index contributed by atoms with van der Waals surface area (Å²) in [6, 6.07) is 7.75. The van der Waals surface area contributed by atoms with Crippen molar-refractivity contribution in [2.24, 2.45) is 0 Å². The first kappa shape index (κ1) is 14.3. The highest BCUT2D eigenvalue weighted by Gasteiger charge is 2.48. The third kappa shape index (κ3) is 2.73. The summed E-state index contributed by atoms with van der Waals surface area (Å²) in [6.07, 6.45) is 5.70. The highest BCUT2D eigenvalue weighted by molar-refractivity contribution is 6.31. The van der Waals surface area contributed by atoms with E-state index in [1.165, 1.54) is 6.42 Å². The van der Waals surface area contributed by atoms with Gasteiger partial charge in [-0.3, -0.25) is 0 Å². The second-order valence-corrected chi connectivity index (χ2v) is 6.11. The van der Waals surface area contributed by atoms with E-state index in [2.05, 4.69) is 0 Å². The minimum absolute atomic E-state index is 0.102. The normalized spacial score (nSPS) is 28.9. The summed E-state index contributed by atoms with van der Waals surface area (Å²) in [6.45, 7) is 0.102. The van der Waals surface area contributed by atoms with Crippen LogP contribution in [0.3, 0.4) is 0 Å². The Labute approximate surface area is 124 Å². The molecule has 1 aliphatic carbocycles. The fourth-order valence-corrected chi connectivity index (χ4v) is 3.55. The topological polar surface area (TPSA) is 38.7 Å². The number of hydrogen-bond donors (Lipinski definition) is 1. The lowest BCUT2D eigenvalue weighted by molar-refractivity contribution is -0.195. The average Bonchev–Trinajstić information content (AvgIpc) is 2.79. The van der Waals surface area contributed by atoms with Gasteiger partial charge in [0.15, 0.2) is 5.79 Å². The first-order valence-corrected chi connectivity index (χ1v) is 7.83. The smallest absolute Gasteiger partial charge is 0.169 e. The predicted molar refractivity (Wildman–Crippen MR) is 77.7 cm³/mol. The zero-order valence-corrected chi connectivity index (χ0v) is 12.3. The Balaban J connectivity index is 1.86. The third-order valence-corrected chi connectivity index (χ3v) is 4.63. The van der Waals surface area contributed by atoms with Crippen LogP contribution in [0.1, 0.15) is 50.2 Å². The van der Waals surface area contributed by atoms with Crippen LogP contribution >= 0.6 is 11.6 Å². The third-order valence-electron chi connectivity index (χ3n) is 4.29.